The molecule has 1 aromatic heterocycles. The highest BCUT2D eigenvalue weighted by Gasteiger charge is 2.23. The van der Waals surface area contributed by atoms with Gasteiger partial charge < -0.3 is 14.5 Å². The van der Waals surface area contributed by atoms with Gasteiger partial charge in [-0.3, -0.25) is 4.79 Å². The fourth-order valence-corrected chi connectivity index (χ4v) is 2.89. The Morgan fingerprint density at radius 2 is 1.66 bits per heavy atom. The number of nitrogens with one attached hydrogen (secondary N) is 1. The van der Waals surface area contributed by atoms with Crippen LogP contribution in [-0.4, -0.2) is 5.91 Å². The van der Waals surface area contributed by atoms with Gasteiger partial charge in [-0.25, -0.2) is 9.18 Å². The Labute approximate surface area is 165 Å². The minimum absolute atomic E-state index is 0.362. The predicted octanol–water partition coefficient (Wildman–Crippen LogP) is 4.69. The first-order valence-corrected chi connectivity index (χ1v) is 8.90. The lowest BCUT2D eigenvalue weighted by Crippen LogP contribution is -2.25. The molecular weight excluding hydrogens is 373 g/mol. The number of anilines is 1. The summed E-state index contributed by atoms with van der Waals surface area (Å²) in [7, 11) is 0. The maximum Gasteiger partial charge on any atom is 0.336 e. The summed E-state index contributed by atoms with van der Waals surface area (Å²) in [6.07, 6.45) is -0.964. The van der Waals surface area contributed by atoms with Crippen LogP contribution in [0.3, 0.4) is 0 Å². The summed E-state index contributed by atoms with van der Waals surface area (Å²) in [6.45, 7) is 0. The number of benzene rings is 3. The summed E-state index contributed by atoms with van der Waals surface area (Å²) in [5.41, 5.74) is 0.983. The summed E-state index contributed by atoms with van der Waals surface area (Å²) < 4.78 is 24.3. The first kappa shape index (κ1) is 18.4. The summed E-state index contributed by atoms with van der Waals surface area (Å²) in [5, 5.41) is 3.47. The minimum Gasteiger partial charge on any atom is -0.476 e. The monoisotopic (exact) mass is 389 g/mol. The van der Waals surface area contributed by atoms with Crippen LogP contribution in [0.2, 0.25) is 0 Å². The van der Waals surface area contributed by atoms with Crippen molar-refractivity contribution in [2.24, 2.45) is 0 Å². The van der Waals surface area contributed by atoms with E-state index in [9.17, 15) is 14.0 Å². The largest absolute Gasteiger partial charge is 0.476 e. The number of carbonyl (C=O) groups excluding carboxylic acids is 1. The zero-order valence-electron chi connectivity index (χ0n) is 15.2. The van der Waals surface area contributed by atoms with Crippen molar-refractivity contribution in [3.05, 3.63) is 107 Å². The van der Waals surface area contributed by atoms with Gasteiger partial charge in [0.15, 0.2) is 0 Å². The Morgan fingerprint density at radius 1 is 0.931 bits per heavy atom. The van der Waals surface area contributed by atoms with Crippen molar-refractivity contribution < 1.29 is 18.3 Å². The third-order valence-corrected chi connectivity index (χ3v) is 4.30. The van der Waals surface area contributed by atoms with Crippen LogP contribution in [0.4, 0.5) is 10.1 Å². The maximum atomic E-state index is 13.1. The number of hydrogen-bond acceptors (Lipinski definition) is 4. The van der Waals surface area contributed by atoms with Gasteiger partial charge in [0.05, 0.1) is 0 Å². The van der Waals surface area contributed by atoms with Crippen molar-refractivity contribution in [2.45, 2.75) is 6.10 Å². The molecule has 0 aliphatic carbocycles. The van der Waals surface area contributed by atoms with Gasteiger partial charge in [0.25, 0.3) is 5.91 Å². The van der Waals surface area contributed by atoms with Crippen molar-refractivity contribution in [3.8, 4) is 5.75 Å². The molecular formula is C23H16FNO4. The minimum atomic E-state index is -0.964. The van der Waals surface area contributed by atoms with Gasteiger partial charge in [0.2, 0.25) is 6.10 Å². The smallest absolute Gasteiger partial charge is 0.336 e. The van der Waals surface area contributed by atoms with Crippen LogP contribution >= 0.6 is 0 Å². The highest BCUT2D eigenvalue weighted by molar-refractivity contribution is 5.95. The standard InChI is InChI=1S/C23H16FNO4/c24-17-8-10-18(11-9-17)25-23(27)22(16-4-2-1-3-5-16)28-19-12-6-15-7-13-21(26)29-20(15)14-19/h1-14,22H,(H,25,27)/t22-/m1/s1. The van der Waals surface area contributed by atoms with E-state index >= 15 is 0 Å². The molecule has 29 heavy (non-hydrogen) atoms. The number of carbonyl (C=O) groups is 1. The molecule has 1 heterocycles. The van der Waals surface area contributed by atoms with E-state index in [1.807, 2.05) is 6.07 Å². The molecule has 6 heteroatoms. The van der Waals surface area contributed by atoms with E-state index in [0.29, 0.717) is 22.6 Å². The third-order valence-electron chi connectivity index (χ3n) is 4.30. The van der Waals surface area contributed by atoms with E-state index in [-0.39, 0.29) is 0 Å². The average Bonchev–Trinajstić information content (AvgIpc) is 2.74. The van der Waals surface area contributed by atoms with Gasteiger partial charge in [-0.2, -0.15) is 0 Å². The van der Waals surface area contributed by atoms with Gasteiger partial charge in [0, 0.05) is 28.8 Å². The molecule has 1 atom stereocenters. The normalized spacial score (nSPS) is 11.8. The van der Waals surface area contributed by atoms with E-state index < -0.39 is 23.5 Å². The number of ether oxygens (including phenoxy) is 1. The SMILES string of the molecule is O=C(Nc1ccc(F)cc1)[C@H](Oc1ccc2ccc(=O)oc2c1)c1ccccc1. The maximum absolute atomic E-state index is 13.1. The highest BCUT2D eigenvalue weighted by atomic mass is 19.1. The zero-order chi connectivity index (χ0) is 20.2. The summed E-state index contributed by atoms with van der Waals surface area (Å²) in [6, 6.07) is 22.5. The van der Waals surface area contributed by atoms with Crippen LogP contribution in [0.5, 0.6) is 5.75 Å². The Bertz CT molecular complexity index is 1200. The molecule has 0 radical (unpaired) electrons. The van der Waals surface area contributed by atoms with Crippen LogP contribution in [0.25, 0.3) is 11.0 Å². The highest BCUT2D eigenvalue weighted by Crippen LogP contribution is 2.26. The molecule has 0 unspecified atom stereocenters. The molecule has 0 saturated carbocycles. The molecule has 4 aromatic rings. The van der Waals surface area contributed by atoms with Crippen molar-refractivity contribution in [2.75, 3.05) is 5.32 Å². The number of fused-ring (bicyclic) bond motifs is 1. The van der Waals surface area contributed by atoms with E-state index in [2.05, 4.69) is 5.32 Å². The molecule has 1 amide bonds. The summed E-state index contributed by atoms with van der Waals surface area (Å²) in [4.78, 5) is 24.4. The third kappa shape index (κ3) is 4.32. The second-order valence-electron chi connectivity index (χ2n) is 6.36. The zero-order valence-corrected chi connectivity index (χ0v) is 15.2. The molecule has 0 spiro atoms. The average molecular weight is 389 g/mol. The summed E-state index contributed by atoms with van der Waals surface area (Å²) >= 11 is 0. The Hall–Kier alpha value is -3.93. The molecule has 3 aromatic carbocycles. The van der Waals surface area contributed by atoms with E-state index in [1.54, 1.807) is 48.5 Å². The molecule has 0 fully saturated rings. The summed E-state index contributed by atoms with van der Waals surface area (Å²) in [5.74, 6) is -0.441. The van der Waals surface area contributed by atoms with Crippen LogP contribution in [0, 0.1) is 5.82 Å². The van der Waals surface area contributed by atoms with Gasteiger partial charge in [-0.05, 0) is 42.5 Å². The fraction of sp³-hybridized carbons (Fsp3) is 0.0435. The molecule has 0 aliphatic rings. The Morgan fingerprint density at radius 3 is 2.41 bits per heavy atom. The van der Waals surface area contributed by atoms with Crippen molar-refractivity contribution in [1.82, 2.24) is 0 Å². The lowest BCUT2D eigenvalue weighted by molar-refractivity contribution is -0.123. The molecule has 0 saturated heterocycles. The van der Waals surface area contributed by atoms with E-state index in [1.165, 1.54) is 30.3 Å². The number of halogens is 1. The van der Waals surface area contributed by atoms with Crippen LogP contribution < -0.4 is 15.7 Å². The van der Waals surface area contributed by atoms with E-state index in [4.69, 9.17) is 9.15 Å². The second-order valence-corrected chi connectivity index (χ2v) is 6.36. The van der Waals surface area contributed by atoms with Crippen molar-refractivity contribution in [3.63, 3.8) is 0 Å². The van der Waals surface area contributed by atoms with Crippen LogP contribution in [0.15, 0.2) is 94.1 Å². The van der Waals surface area contributed by atoms with Crippen LogP contribution in [0.1, 0.15) is 11.7 Å². The van der Waals surface area contributed by atoms with Gasteiger partial charge in [0.1, 0.15) is 17.1 Å². The van der Waals surface area contributed by atoms with Crippen LogP contribution in [-0.2, 0) is 4.79 Å². The van der Waals surface area contributed by atoms with Gasteiger partial charge in [-0.15, -0.1) is 0 Å². The van der Waals surface area contributed by atoms with Crippen molar-refractivity contribution >= 4 is 22.6 Å². The lowest BCUT2D eigenvalue weighted by Gasteiger charge is -2.19. The first-order valence-electron chi connectivity index (χ1n) is 8.90. The number of rotatable bonds is 5. The van der Waals surface area contributed by atoms with Crippen molar-refractivity contribution in [1.29, 1.82) is 0 Å². The molecule has 144 valence electrons. The number of amides is 1. The first-order chi connectivity index (χ1) is 14.1. The molecule has 0 bridgehead atoms. The predicted molar refractivity (Wildman–Crippen MR) is 107 cm³/mol. The topological polar surface area (TPSA) is 68.5 Å². The molecule has 4 rings (SSSR count). The van der Waals surface area contributed by atoms with E-state index in [0.717, 1.165) is 5.39 Å². The fourth-order valence-electron chi connectivity index (χ4n) is 2.89. The lowest BCUT2D eigenvalue weighted by atomic mass is 10.1. The van der Waals surface area contributed by atoms with Gasteiger partial charge in [-0.1, -0.05) is 30.3 Å². The molecule has 1 N–H and O–H groups in total. The quantitative estimate of drug-likeness (QED) is 0.503. The Kier molecular flexibility index (Phi) is 5.07. The Balaban J connectivity index is 1.64. The molecule has 0 aliphatic heterocycles. The van der Waals surface area contributed by atoms with Gasteiger partial charge >= 0.3 is 5.63 Å². The second kappa shape index (κ2) is 7.98. The molecule has 5 nitrogen and oxygen atoms in total. The number of hydrogen-bond donors (Lipinski definition) is 1.